The highest BCUT2D eigenvalue weighted by atomic mass is 35.5. The minimum Gasteiger partial charge on any atom is -0.451 e. The SMILES string of the molecule is CC(=O)NC(=S)Nc1ccc(NC(=O)c2ccc(-c3cccc(Cl)c3)o2)cc1. The fraction of sp³-hybridized carbons (Fsp3) is 0.0500. The number of carbonyl (C=O) groups excluding carboxylic acids is 2. The number of hydrogen-bond donors (Lipinski definition) is 3. The van der Waals surface area contributed by atoms with E-state index in [9.17, 15) is 9.59 Å². The summed E-state index contributed by atoms with van der Waals surface area (Å²) in [5.74, 6) is 0.113. The number of benzene rings is 2. The first-order valence-electron chi connectivity index (χ1n) is 8.26. The quantitative estimate of drug-likeness (QED) is 0.540. The van der Waals surface area contributed by atoms with Gasteiger partial charge in [-0.3, -0.25) is 9.59 Å². The lowest BCUT2D eigenvalue weighted by Crippen LogP contribution is -2.32. The standard InChI is InChI=1S/C20H16ClN3O3S/c1-12(25)22-20(28)24-16-7-5-15(6-8-16)23-19(26)18-10-9-17(27-18)13-3-2-4-14(21)11-13/h2-11H,1H3,(H,23,26)(H2,22,24,25,28). The van der Waals surface area contributed by atoms with Gasteiger partial charge < -0.3 is 20.4 Å². The third-order valence-electron chi connectivity index (χ3n) is 3.63. The normalized spacial score (nSPS) is 10.2. The molecule has 0 saturated carbocycles. The summed E-state index contributed by atoms with van der Waals surface area (Å²) in [5, 5.41) is 8.89. The zero-order chi connectivity index (χ0) is 20.1. The van der Waals surface area contributed by atoms with Crippen LogP contribution in [-0.2, 0) is 4.79 Å². The highest BCUT2D eigenvalue weighted by Crippen LogP contribution is 2.25. The molecule has 1 aromatic heterocycles. The molecule has 0 spiro atoms. The number of nitrogens with one attached hydrogen (secondary N) is 3. The number of rotatable bonds is 4. The van der Waals surface area contributed by atoms with Gasteiger partial charge in [0.2, 0.25) is 5.91 Å². The van der Waals surface area contributed by atoms with Crippen LogP contribution in [0.15, 0.2) is 65.1 Å². The molecule has 2 aromatic carbocycles. The van der Waals surface area contributed by atoms with Gasteiger partial charge in [-0.15, -0.1) is 0 Å². The lowest BCUT2D eigenvalue weighted by molar-refractivity contribution is -0.117. The molecule has 0 radical (unpaired) electrons. The van der Waals surface area contributed by atoms with Crippen molar-refractivity contribution in [1.29, 1.82) is 0 Å². The second-order valence-electron chi connectivity index (χ2n) is 5.84. The van der Waals surface area contributed by atoms with Crippen molar-refractivity contribution in [2.24, 2.45) is 0 Å². The summed E-state index contributed by atoms with van der Waals surface area (Å²) in [6, 6.07) is 17.4. The summed E-state index contributed by atoms with van der Waals surface area (Å²) in [7, 11) is 0. The first-order valence-corrected chi connectivity index (χ1v) is 9.05. The molecular weight excluding hydrogens is 398 g/mol. The van der Waals surface area contributed by atoms with E-state index in [2.05, 4.69) is 16.0 Å². The van der Waals surface area contributed by atoms with Crippen LogP contribution in [0.2, 0.25) is 5.02 Å². The smallest absolute Gasteiger partial charge is 0.291 e. The number of furan rings is 1. The summed E-state index contributed by atoms with van der Waals surface area (Å²) in [5.41, 5.74) is 2.05. The number of amides is 2. The predicted molar refractivity (Wildman–Crippen MR) is 114 cm³/mol. The molecule has 0 atom stereocenters. The average Bonchev–Trinajstić information content (AvgIpc) is 3.13. The Morgan fingerprint density at radius 2 is 1.64 bits per heavy atom. The molecule has 6 nitrogen and oxygen atoms in total. The van der Waals surface area contributed by atoms with Crippen molar-refractivity contribution in [3.05, 3.63) is 71.4 Å². The van der Waals surface area contributed by atoms with Gasteiger partial charge in [0.25, 0.3) is 5.91 Å². The Kier molecular flexibility index (Phi) is 6.08. The highest BCUT2D eigenvalue weighted by Gasteiger charge is 2.13. The summed E-state index contributed by atoms with van der Waals surface area (Å²) in [6.45, 7) is 1.37. The van der Waals surface area contributed by atoms with Crippen LogP contribution in [0.25, 0.3) is 11.3 Å². The van der Waals surface area contributed by atoms with Crippen molar-refractivity contribution in [2.45, 2.75) is 6.92 Å². The van der Waals surface area contributed by atoms with E-state index in [4.69, 9.17) is 28.2 Å². The van der Waals surface area contributed by atoms with Crippen molar-refractivity contribution in [2.75, 3.05) is 10.6 Å². The lowest BCUT2D eigenvalue weighted by atomic mass is 10.2. The minimum absolute atomic E-state index is 0.184. The first-order chi connectivity index (χ1) is 13.4. The Labute approximate surface area is 171 Å². The van der Waals surface area contributed by atoms with Gasteiger partial charge in [-0.05, 0) is 60.7 Å². The van der Waals surface area contributed by atoms with Gasteiger partial charge in [-0.2, -0.15) is 0 Å². The molecular formula is C20H16ClN3O3S. The molecule has 3 aromatic rings. The molecule has 28 heavy (non-hydrogen) atoms. The fourth-order valence-electron chi connectivity index (χ4n) is 2.41. The molecule has 0 aliphatic carbocycles. The van der Waals surface area contributed by atoms with E-state index < -0.39 is 0 Å². The van der Waals surface area contributed by atoms with Gasteiger partial charge in [0.05, 0.1) is 0 Å². The summed E-state index contributed by atoms with van der Waals surface area (Å²) >= 11 is 11.0. The largest absolute Gasteiger partial charge is 0.451 e. The topological polar surface area (TPSA) is 83.4 Å². The van der Waals surface area contributed by atoms with Gasteiger partial charge in [0.15, 0.2) is 10.9 Å². The maximum atomic E-state index is 12.4. The van der Waals surface area contributed by atoms with Crippen LogP contribution in [0.4, 0.5) is 11.4 Å². The number of anilines is 2. The molecule has 1 heterocycles. The Bertz CT molecular complexity index is 1030. The Hall–Kier alpha value is -3.16. The molecule has 142 valence electrons. The molecule has 0 saturated heterocycles. The van der Waals surface area contributed by atoms with Crippen LogP contribution >= 0.6 is 23.8 Å². The molecule has 2 amide bonds. The highest BCUT2D eigenvalue weighted by molar-refractivity contribution is 7.80. The van der Waals surface area contributed by atoms with Crippen LogP contribution in [0.5, 0.6) is 0 Å². The molecule has 3 N–H and O–H groups in total. The van der Waals surface area contributed by atoms with E-state index in [1.807, 2.05) is 12.1 Å². The van der Waals surface area contributed by atoms with Crippen molar-refractivity contribution in [1.82, 2.24) is 5.32 Å². The Morgan fingerprint density at radius 1 is 0.964 bits per heavy atom. The van der Waals surface area contributed by atoms with Crippen LogP contribution in [-0.4, -0.2) is 16.9 Å². The number of hydrogen-bond acceptors (Lipinski definition) is 4. The van der Waals surface area contributed by atoms with E-state index in [1.165, 1.54) is 6.92 Å². The summed E-state index contributed by atoms with van der Waals surface area (Å²) < 4.78 is 5.63. The molecule has 0 bridgehead atoms. The first kappa shape index (κ1) is 19.6. The number of thiocarbonyl (C=S) groups is 1. The zero-order valence-corrected chi connectivity index (χ0v) is 16.4. The van der Waals surface area contributed by atoms with Gasteiger partial charge in [-0.25, -0.2) is 0 Å². The van der Waals surface area contributed by atoms with Crippen molar-refractivity contribution >= 4 is 52.1 Å². The van der Waals surface area contributed by atoms with Gasteiger partial charge >= 0.3 is 0 Å². The number of halogens is 1. The van der Waals surface area contributed by atoms with E-state index in [1.54, 1.807) is 48.5 Å². The van der Waals surface area contributed by atoms with Crippen molar-refractivity contribution in [3.8, 4) is 11.3 Å². The number of carbonyl (C=O) groups is 2. The molecule has 0 fully saturated rings. The predicted octanol–water partition coefficient (Wildman–Crippen LogP) is 4.69. The zero-order valence-electron chi connectivity index (χ0n) is 14.8. The second kappa shape index (κ2) is 8.69. The summed E-state index contributed by atoms with van der Waals surface area (Å²) in [4.78, 5) is 23.4. The van der Waals surface area contributed by atoms with E-state index in [0.29, 0.717) is 22.2 Å². The third-order valence-corrected chi connectivity index (χ3v) is 4.07. The fourth-order valence-corrected chi connectivity index (χ4v) is 2.86. The maximum absolute atomic E-state index is 12.4. The molecule has 3 rings (SSSR count). The van der Waals surface area contributed by atoms with Gasteiger partial charge in [-0.1, -0.05) is 23.7 Å². The van der Waals surface area contributed by atoms with Crippen LogP contribution < -0.4 is 16.0 Å². The van der Waals surface area contributed by atoms with Gasteiger partial charge in [0.1, 0.15) is 5.76 Å². The Balaban J connectivity index is 1.63. The molecule has 0 aliphatic heterocycles. The third kappa shape index (κ3) is 5.18. The van der Waals surface area contributed by atoms with Crippen LogP contribution in [0, 0.1) is 0 Å². The average molecular weight is 414 g/mol. The Morgan fingerprint density at radius 3 is 2.29 bits per heavy atom. The maximum Gasteiger partial charge on any atom is 0.291 e. The molecule has 0 unspecified atom stereocenters. The van der Waals surface area contributed by atoms with Crippen molar-refractivity contribution < 1.29 is 14.0 Å². The lowest BCUT2D eigenvalue weighted by Gasteiger charge is -2.09. The molecule has 0 aliphatic rings. The van der Waals surface area contributed by atoms with Crippen LogP contribution in [0.1, 0.15) is 17.5 Å². The van der Waals surface area contributed by atoms with Crippen molar-refractivity contribution in [3.63, 3.8) is 0 Å². The minimum atomic E-state index is -0.372. The summed E-state index contributed by atoms with van der Waals surface area (Å²) in [6.07, 6.45) is 0. The second-order valence-corrected chi connectivity index (χ2v) is 6.69. The monoisotopic (exact) mass is 413 g/mol. The van der Waals surface area contributed by atoms with Gasteiger partial charge in [0, 0.05) is 28.9 Å². The van der Waals surface area contributed by atoms with Crippen LogP contribution in [0.3, 0.4) is 0 Å². The van der Waals surface area contributed by atoms with E-state index in [0.717, 1.165) is 5.56 Å². The van der Waals surface area contributed by atoms with E-state index in [-0.39, 0.29) is 22.7 Å². The van der Waals surface area contributed by atoms with E-state index >= 15 is 0 Å². The molecule has 8 heteroatoms.